The zero-order chi connectivity index (χ0) is 18.1. The molecule has 0 bridgehead atoms. The summed E-state index contributed by atoms with van der Waals surface area (Å²) in [5.74, 6) is -1.03. The Balaban J connectivity index is 1.92. The first kappa shape index (κ1) is 17.2. The summed E-state index contributed by atoms with van der Waals surface area (Å²) in [7, 11) is 1.54. The van der Waals surface area contributed by atoms with Crippen molar-refractivity contribution >= 4 is 34.0 Å². The summed E-state index contributed by atoms with van der Waals surface area (Å²) in [4.78, 5) is 35.7. The maximum Gasteiger partial charge on any atom is 0.433 e. The second kappa shape index (κ2) is 6.67. The maximum atomic E-state index is 12.3. The molecule has 25 heavy (non-hydrogen) atoms. The summed E-state index contributed by atoms with van der Waals surface area (Å²) in [6, 6.07) is 2.36. The molecule has 8 nitrogen and oxygen atoms in total. The van der Waals surface area contributed by atoms with Crippen molar-refractivity contribution in [2.45, 2.75) is 26.2 Å². The van der Waals surface area contributed by atoms with Crippen LogP contribution in [0.25, 0.3) is 0 Å². The quantitative estimate of drug-likeness (QED) is 0.640. The van der Waals surface area contributed by atoms with Gasteiger partial charge in [0.15, 0.2) is 5.76 Å². The number of rotatable bonds is 4. The van der Waals surface area contributed by atoms with Gasteiger partial charge < -0.3 is 15.1 Å². The topological polar surface area (TPSA) is 114 Å². The Morgan fingerprint density at radius 3 is 2.76 bits per heavy atom. The third-order valence-corrected chi connectivity index (χ3v) is 5.36. The maximum absolute atomic E-state index is 12.3. The molecule has 0 aliphatic heterocycles. The van der Waals surface area contributed by atoms with E-state index in [0.29, 0.717) is 16.5 Å². The molecule has 1 atom stereocenters. The van der Waals surface area contributed by atoms with Gasteiger partial charge in [-0.1, -0.05) is 6.92 Å². The number of fused-ring (bicyclic) bond motifs is 1. The fourth-order valence-electron chi connectivity index (χ4n) is 2.92. The second-order valence-electron chi connectivity index (χ2n) is 5.98. The predicted octanol–water partition coefficient (Wildman–Crippen LogP) is 2.99. The van der Waals surface area contributed by atoms with Gasteiger partial charge in [-0.25, -0.2) is 0 Å². The SMILES string of the molecule is CNC(=O)c1c(NC(=O)c2ccc([N+](=O)[O-])o2)sc2c1CC[C@H](C)C2. The summed E-state index contributed by atoms with van der Waals surface area (Å²) in [6.45, 7) is 2.16. The molecule has 2 aromatic heterocycles. The predicted molar refractivity (Wildman–Crippen MR) is 92.2 cm³/mol. The molecule has 0 spiro atoms. The van der Waals surface area contributed by atoms with E-state index in [1.165, 1.54) is 17.4 Å². The summed E-state index contributed by atoms with van der Waals surface area (Å²) < 4.78 is 4.92. The Kier molecular flexibility index (Phi) is 4.58. The van der Waals surface area contributed by atoms with Crippen LogP contribution in [0, 0.1) is 16.0 Å². The molecule has 132 valence electrons. The van der Waals surface area contributed by atoms with E-state index in [4.69, 9.17) is 4.42 Å². The highest BCUT2D eigenvalue weighted by atomic mass is 32.1. The standard InChI is InChI=1S/C16H17N3O5S/c1-8-3-4-9-11(7-8)25-16(13(9)15(21)17-2)18-14(20)10-5-6-12(24-10)19(22)23/h5-6,8H,3-4,7H2,1-2H3,(H,17,21)(H,18,20)/t8-/m0/s1. The van der Waals surface area contributed by atoms with Crippen LogP contribution >= 0.6 is 11.3 Å². The molecule has 0 saturated heterocycles. The molecule has 0 unspecified atom stereocenters. The van der Waals surface area contributed by atoms with E-state index in [1.807, 2.05) is 0 Å². The zero-order valence-electron chi connectivity index (χ0n) is 13.8. The van der Waals surface area contributed by atoms with Crippen LogP contribution in [0.4, 0.5) is 10.9 Å². The lowest BCUT2D eigenvalue weighted by Crippen LogP contribution is -2.22. The fraction of sp³-hybridized carbons (Fsp3) is 0.375. The Bertz CT molecular complexity index is 854. The van der Waals surface area contributed by atoms with E-state index >= 15 is 0 Å². The van der Waals surface area contributed by atoms with Crippen molar-refractivity contribution in [3.8, 4) is 0 Å². The summed E-state index contributed by atoms with van der Waals surface area (Å²) in [5.41, 5.74) is 1.45. The first-order valence-corrected chi connectivity index (χ1v) is 8.64. The number of carbonyl (C=O) groups excluding carboxylic acids is 2. The van der Waals surface area contributed by atoms with Gasteiger partial charge in [0.1, 0.15) is 9.92 Å². The van der Waals surface area contributed by atoms with Crippen LogP contribution in [-0.2, 0) is 12.8 Å². The molecular weight excluding hydrogens is 346 g/mol. The molecule has 2 amide bonds. The zero-order valence-corrected chi connectivity index (χ0v) is 14.6. The highest BCUT2D eigenvalue weighted by Gasteiger charge is 2.28. The van der Waals surface area contributed by atoms with Crippen LogP contribution in [0.1, 0.15) is 44.7 Å². The van der Waals surface area contributed by atoms with Crippen molar-refractivity contribution < 1.29 is 18.9 Å². The minimum Gasteiger partial charge on any atom is -0.395 e. The number of carbonyl (C=O) groups is 2. The van der Waals surface area contributed by atoms with Gasteiger partial charge in [-0.05, 0) is 36.8 Å². The Morgan fingerprint density at radius 2 is 2.12 bits per heavy atom. The number of thiophene rings is 1. The summed E-state index contributed by atoms with van der Waals surface area (Å²) >= 11 is 1.38. The van der Waals surface area contributed by atoms with Gasteiger partial charge in [0, 0.05) is 11.9 Å². The van der Waals surface area contributed by atoms with Crippen molar-refractivity contribution in [2.75, 3.05) is 12.4 Å². The van der Waals surface area contributed by atoms with Crippen LogP contribution in [-0.4, -0.2) is 23.8 Å². The molecule has 0 fully saturated rings. The number of hydrogen-bond acceptors (Lipinski definition) is 6. The van der Waals surface area contributed by atoms with E-state index in [-0.39, 0.29) is 11.7 Å². The first-order valence-electron chi connectivity index (χ1n) is 7.83. The highest BCUT2D eigenvalue weighted by molar-refractivity contribution is 7.17. The van der Waals surface area contributed by atoms with Gasteiger partial charge in [0.05, 0.1) is 11.6 Å². The number of nitrogens with one attached hydrogen (secondary N) is 2. The highest BCUT2D eigenvalue weighted by Crippen LogP contribution is 2.39. The second-order valence-corrected chi connectivity index (χ2v) is 7.09. The molecule has 9 heteroatoms. The first-order chi connectivity index (χ1) is 11.9. The van der Waals surface area contributed by atoms with Gasteiger partial charge in [-0.15, -0.1) is 11.3 Å². The van der Waals surface area contributed by atoms with Gasteiger partial charge in [-0.3, -0.25) is 19.7 Å². The monoisotopic (exact) mass is 363 g/mol. The van der Waals surface area contributed by atoms with Gasteiger partial charge in [0.25, 0.3) is 11.8 Å². The lowest BCUT2D eigenvalue weighted by Gasteiger charge is -2.18. The summed E-state index contributed by atoms with van der Waals surface area (Å²) in [6.07, 6.45) is 2.65. The number of nitro groups is 1. The third-order valence-electron chi connectivity index (χ3n) is 4.19. The van der Waals surface area contributed by atoms with Crippen LogP contribution in [0.5, 0.6) is 0 Å². The largest absolute Gasteiger partial charge is 0.433 e. The minimum absolute atomic E-state index is 0.172. The van der Waals surface area contributed by atoms with E-state index in [0.717, 1.165) is 35.8 Å². The number of furan rings is 1. The Morgan fingerprint density at radius 1 is 1.36 bits per heavy atom. The fourth-order valence-corrected chi connectivity index (χ4v) is 4.32. The molecule has 1 aliphatic rings. The molecular formula is C16H17N3O5S. The smallest absolute Gasteiger partial charge is 0.395 e. The average Bonchev–Trinajstić information content (AvgIpc) is 3.18. The molecule has 2 N–H and O–H groups in total. The molecule has 0 radical (unpaired) electrons. The Hall–Kier alpha value is -2.68. The third kappa shape index (κ3) is 3.27. The Labute approximate surface area is 147 Å². The molecule has 0 aromatic carbocycles. The van der Waals surface area contributed by atoms with E-state index in [1.54, 1.807) is 7.05 Å². The minimum atomic E-state index is -0.710. The number of hydrogen-bond donors (Lipinski definition) is 2. The average molecular weight is 363 g/mol. The van der Waals surface area contributed by atoms with E-state index < -0.39 is 16.7 Å². The molecule has 2 heterocycles. The van der Waals surface area contributed by atoms with Gasteiger partial charge in [-0.2, -0.15) is 0 Å². The normalized spacial score (nSPS) is 16.2. The molecule has 0 saturated carbocycles. The lowest BCUT2D eigenvalue weighted by atomic mass is 9.88. The van der Waals surface area contributed by atoms with Crippen molar-refractivity contribution in [1.29, 1.82) is 0 Å². The van der Waals surface area contributed by atoms with Crippen molar-refractivity contribution in [3.63, 3.8) is 0 Å². The van der Waals surface area contributed by atoms with E-state index in [2.05, 4.69) is 17.6 Å². The number of anilines is 1. The molecule has 3 rings (SSSR count). The number of nitrogens with zero attached hydrogens (tertiary/aromatic N) is 1. The van der Waals surface area contributed by atoms with Crippen LogP contribution in [0.15, 0.2) is 16.5 Å². The number of amides is 2. The van der Waals surface area contributed by atoms with Crippen LogP contribution < -0.4 is 10.6 Å². The van der Waals surface area contributed by atoms with Gasteiger partial charge in [0.2, 0.25) is 0 Å². The molecule has 2 aromatic rings. The van der Waals surface area contributed by atoms with Crippen molar-refractivity contribution in [2.24, 2.45) is 5.92 Å². The molecule has 1 aliphatic carbocycles. The van der Waals surface area contributed by atoms with Gasteiger partial charge >= 0.3 is 5.88 Å². The van der Waals surface area contributed by atoms with Crippen LogP contribution in [0.2, 0.25) is 0 Å². The van der Waals surface area contributed by atoms with E-state index in [9.17, 15) is 19.7 Å². The summed E-state index contributed by atoms with van der Waals surface area (Å²) in [5, 5.41) is 16.4. The van der Waals surface area contributed by atoms with Crippen LogP contribution in [0.3, 0.4) is 0 Å². The van der Waals surface area contributed by atoms with Crippen molar-refractivity contribution in [3.05, 3.63) is 44.0 Å². The van der Waals surface area contributed by atoms with Crippen molar-refractivity contribution in [1.82, 2.24) is 5.32 Å². The lowest BCUT2D eigenvalue weighted by molar-refractivity contribution is -0.402.